The highest BCUT2D eigenvalue weighted by molar-refractivity contribution is 5.21. The maximum Gasteiger partial charge on any atom is -0.0276 e. The van der Waals surface area contributed by atoms with Gasteiger partial charge in [-0.1, -0.05) is 97.6 Å². The molecule has 0 spiro atoms. The van der Waals surface area contributed by atoms with Gasteiger partial charge in [0.25, 0.3) is 0 Å². The van der Waals surface area contributed by atoms with Gasteiger partial charge < -0.3 is 0 Å². The van der Waals surface area contributed by atoms with Gasteiger partial charge in [0.2, 0.25) is 0 Å². The van der Waals surface area contributed by atoms with Crippen LogP contribution in [0.5, 0.6) is 0 Å². The molecule has 0 unspecified atom stereocenters. The molecule has 0 heterocycles. The van der Waals surface area contributed by atoms with Crippen LogP contribution >= 0.6 is 0 Å². The normalized spacial score (nSPS) is 30.1. The minimum Gasteiger partial charge on any atom is -0.0845 e. The molecule has 0 nitrogen and oxygen atoms in total. The third-order valence-electron chi connectivity index (χ3n) is 2.88. The van der Waals surface area contributed by atoms with E-state index in [0.717, 1.165) is 12.8 Å². The maximum absolute atomic E-state index is 3.30. The van der Waals surface area contributed by atoms with Crippen molar-refractivity contribution in [3.05, 3.63) is 97.2 Å². The highest BCUT2D eigenvalue weighted by Crippen LogP contribution is 2.04. The number of rotatable bonds is 0. The van der Waals surface area contributed by atoms with Crippen molar-refractivity contribution in [1.82, 2.24) is 0 Å². The van der Waals surface area contributed by atoms with Crippen LogP contribution in [0.4, 0.5) is 0 Å². The minimum absolute atomic E-state index is 1.05. The summed E-state index contributed by atoms with van der Waals surface area (Å²) in [6.45, 7) is 0. The van der Waals surface area contributed by atoms with E-state index in [1.807, 2.05) is 66.8 Å². The van der Waals surface area contributed by atoms with E-state index in [9.17, 15) is 0 Å². The number of hydrogen-bond acceptors (Lipinski definition) is 0. The fourth-order valence-electron chi connectivity index (χ4n) is 1.75. The fourth-order valence-corrected chi connectivity index (χ4v) is 1.75. The molecule has 1 radical (unpaired) electrons. The molecule has 0 amide bonds. The largest absolute Gasteiger partial charge is 0.0845 e. The van der Waals surface area contributed by atoms with Crippen LogP contribution in [0.2, 0.25) is 0 Å². The second kappa shape index (κ2) is 14.3. The first kappa shape index (κ1) is 17.0. The standard InChI is InChI=1S/C21H25/c1-2-4-6-8-10-12-14-16-18-20-21-19-17-15-13-11-9-7-5-3-1/h1-15H,16,18-21H2/b2-1-,5-3-,6-4+,9-7-,10-8+,13-11+,14-12-,17-15?. The lowest BCUT2D eigenvalue weighted by Gasteiger charge is -1.93. The fraction of sp³-hybridized carbons (Fsp3) is 0.238. The molecule has 109 valence electrons. The molecule has 1 aliphatic carbocycles. The van der Waals surface area contributed by atoms with Crippen molar-refractivity contribution in [3.8, 4) is 0 Å². The Balaban J connectivity index is 2.49. The van der Waals surface area contributed by atoms with Gasteiger partial charge in [0.15, 0.2) is 0 Å². The van der Waals surface area contributed by atoms with Crippen molar-refractivity contribution in [2.75, 3.05) is 0 Å². The van der Waals surface area contributed by atoms with E-state index in [2.05, 4.69) is 30.4 Å². The first-order valence-corrected chi connectivity index (χ1v) is 7.72. The summed E-state index contributed by atoms with van der Waals surface area (Å²) in [5.74, 6) is 0. The van der Waals surface area contributed by atoms with Crippen molar-refractivity contribution in [2.24, 2.45) is 0 Å². The van der Waals surface area contributed by atoms with Gasteiger partial charge in [-0.15, -0.1) is 0 Å². The topological polar surface area (TPSA) is 0 Å². The second-order valence-corrected chi connectivity index (χ2v) is 4.71. The van der Waals surface area contributed by atoms with E-state index >= 15 is 0 Å². The van der Waals surface area contributed by atoms with Crippen molar-refractivity contribution >= 4 is 0 Å². The lowest BCUT2D eigenvalue weighted by atomic mass is 10.1. The van der Waals surface area contributed by atoms with Crippen LogP contribution in [-0.4, -0.2) is 0 Å². The molecular formula is C21H25. The van der Waals surface area contributed by atoms with Crippen LogP contribution in [0.25, 0.3) is 0 Å². The Labute approximate surface area is 130 Å². The van der Waals surface area contributed by atoms with E-state index in [0.29, 0.717) is 0 Å². The molecule has 0 aromatic heterocycles. The molecule has 0 N–H and O–H groups in total. The highest BCUT2D eigenvalue weighted by atomic mass is 13.9. The van der Waals surface area contributed by atoms with Crippen molar-refractivity contribution in [1.29, 1.82) is 0 Å². The van der Waals surface area contributed by atoms with Gasteiger partial charge in [-0.25, -0.2) is 0 Å². The molecule has 1 aliphatic rings. The van der Waals surface area contributed by atoms with Crippen LogP contribution in [0.15, 0.2) is 91.1 Å². The summed E-state index contributed by atoms with van der Waals surface area (Å²) in [4.78, 5) is 0. The van der Waals surface area contributed by atoms with Crippen molar-refractivity contribution < 1.29 is 0 Å². The molecule has 0 aromatic rings. The zero-order valence-electron chi connectivity index (χ0n) is 12.7. The average molecular weight is 277 g/mol. The van der Waals surface area contributed by atoms with E-state index in [1.165, 1.54) is 19.3 Å². The summed E-state index contributed by atoms with van der Waals surface area (Å²) in [7, 11) is 0. The van der Waals surface area contributed by atoms with E-state index in [-0.39, 0.29) is 0 Å². The molecule has 0 saturated carbocycles. The Hall–Kier alpha value is -2.08. The Morgan fingerprint density at radius 2 is 1.00 bits per heavy atom. The van der Waals surface area contributed by atoms with Gasteiger partial charge in [-0.3, -0.25) is 0 Å². The third-order valence-corrected chi connectivity index (χ3v) is 2.88. The zero-order chi connectivity index (χ0) is 14.8. The Kier molecular flexibility index (Phi) is 11.6. The number of hydrogen-bond donors (Lipinski definition) is 0. The lowest BCUT2D eigenvalue weighted by molar-refractivity contribution is 0.691. The van der Waals surface area contributed by atoms with Crippen molar-refractivity contribution in [2.45, 2.75) is 32.1 Å². The van der Waals surface area contributed by atoms with Crippen molar-refractivity contribution in [3.63, 3.8) is 0 Å². The van der Waals surface area contributed by atoms with Crippen LogP contribution < -0.4 is 0 Å². The van der Waals surface area contributed by atoms with Gasteiger partial charge in [0, 0.05) is 0 Å². The van der Waals surface area contributed by atoms with Crippen LogP contribution in [0.3, 0.4) is 0 Å². The smallest absolute Gasteiger partial charge is 0.0276 e. The van der Waals surface area contributed by atoms with E-state index < -0.39 is 0 Å². The van der Waals surface area contributed by atoms with Gasteiger partial charge in [-0.05, 0) is 31.8 Å². The highest BCUT2D eigenvalue weighted by Gasteiger charge is 1.85. The van der Waals surface area contributed by atoms with Crippen LogP contribution in [-0.2, 0) is 0 Å². The summed E-state index contributed by atoms with van der Waals surface area (Å²) >= 11 is 0. The van der Waals surface area contributed by atoms with Crippen LogP contribution in [0.1, 0.15) is 32.1 Å². The third kappa shape index (κ3) is 12.7. The Morgan fingerprint density at radius 1 is 0.476 bits per heavy atom. The second-order valence-electron chi connectivity index (χ2n) is 4.71. The quantitative estimate of drug-likeness (QED) is 0.494. The molecule has 0 aromatic carbocycles. The average Bonchev–Trinajstić information content (AvgIpc) is 2.50. The molecule has 0 bridgehead atoms. The van der Waals surface area contributed by atoms with Gasteiger partial charge >= 0.3 is 0 Å². The Morgan fingerprint density at radius 3 is 1.62 bits per heavy atom. The minimum atomic E-state index is 1.05. The van der Waals surface area contributed by atoms with E-state index in [4.69, 9.17) is 0 Å². The monoisotopic (exact) mass is 277 g/mol. The molecule has 1 rings (SSSR count). The molecule has 0 aliphatic heterocycles. The summed E-state index contributed by atoms with van der Waals surface area (Å²) in [5, 5.41) is 0. The molecule has 0 fully saturated rings. The zero-order valence-corrected chi connectivity index (χ0v) is 12.7. The summed E-state index contributed by atoms with van der Waals surface area (Å²) in [5.41, 5.74) is 0. The first-order valence-electron chi connectivity index (χ1n) is 7.72. The number of allylic oxidation sites excluding steroid dienone is 16. The lowest BCUT2D eigenvalue weighted by Crippen LogP contribution is -1.74. The first-order chi connectivity index (χ1) is 10.5. The molecule has 0 saturated heterocycles. The Bertz CT molecular complexity index is 418. The maximum atomic E-state index is 3.30. The predicted octanol–water partition coefficient (Wildman–Crippen LogP) is 6.20. The molecule has 0 heteroatoms. The molecular weight excluding hydrogens is 252 g/mol. The predicted molar refractivity (Wildman–Crippen MR) is 94.9 cm³/mol. The summed E-state index contributed by atoms with van der Waals surface area (Å²) < 4.78 is 0. The summed E-state index contributed by atoms with van der Waals surface area (Å²) in [6, 6.07) is 0. The van der Waals surface area contributed by atoms with Crippen LogP contribution in [0, 0.1) is 6.08 Å². The summed E-state index contributed by atoms with van der Waals surface area (Å²) in [6.07, 6.45) is 40.0. The molecule has 0 atom stereocenters. The van der Waals surface area contributed by atoms with Gasteiger partial charge in [0.05, 0.1) is 0 Å². The SMILES string of the molecule is [C]1=C/C=C/C=C\C=C/C=C\C=C\C=C\C=C/CCCCC/1. The molecule has 21 heavy (non-hydrogen) atoms. The van der Waals surface area contributed by atoms with E-state index in [1.54, 1.807) is 0 Å². The van der Waals surface area contributed by atoms with Gasteiger partial charge in [0.1, 0.15) is 0 Å². The van der Waals surface area contributed by atoms with Gasteiger partial charge in [-0.2, -0.15) is 0 Å².